The van der Waals surface area contributed by atoms with Gasteiger partial charge in [-0.1, -0.05) is 19.4 Å². The van der Waals surface area contributed by atoms with Gasteiger partial charge in [0.05, 0.1) is 0 Å². The Bertz CT molecular complexity index is 632. The standard InChI is InChI=1S/C18H24N4O/c1-2-14-12-17(21-15-8-5-6-13(15)9-11-23)22-18(20-14)16-7-3-4-10-19-16/h3-4,7,10,12-13,15,23H,2,5-6,8-9,11H2,1H3,(H,20,21,22). The van der Waals surface area contributed by atoms with Crippen LogP contribution < -0.4 is 5.32 Å². The lowest BCUT2D eigenvalue weighted by molar-refractivity contribution is 0.254. The molecule has 0 amide bonds. The van der Waals surface area contributed by atoms with Crippen molar-refractivity contribution in [3.05, 3.63) is 36.2 Å². The first-order chi connectivity index (χ1) is 11.3. The maximum atomic E-state index is 9.22. The number of nitrogens with one attached hydrogen (secondary N) is 1. The Balaban J connectivity index is 1.84. The van der Waals surface area contributed by atoms with Crippen LogP contribution in [0.15, 0.2) is 30.5 Å². The lowest BCUT2D eigenvalue weighted by Gasteiger charge is -2.21. The summed E-state index contributed by atoms with van der Waals surface area (Å²) in [5.41, 5.74) is 1.81. The predicted molar refractivity (Wildman–Crippen MR) is 91.1 cm³/mol. The van der Waals surface area contributed by atoms with Gasteiger partial charge >= 0.3 is 0 Å². The van der Waals surface area contributed by atoms with E-state index < -0.39 is 0 Å². The Morgan fingerprint density at radius 2 is 2.17 bits per heavy atom. The second-order valence-electron chi connectivity index (χ2n) is 6.09. The number of hydrogen-bond donors (Lipinski definition) is 2. The molecule has 1 saturated carbocycles. The molecule has 2 atom stereocenters. The topological polar surface area (TPSA) is 70.9 Å². The summed E-state index contributed by atoms with van der Waals surface area (Å²) in [5.74, 6) is 2.06. The molecule has 5 nitrogen and oxygen atoms in total. The molecule has 0 radical (unpaired) electrons. The number of aromatic nitrogens is 3. The van der Waals surface area contributed by atoms with Gasteiger partial charge in [-0.25, -0.2) is 9.97 Å². The summed E-state index contributed by atoms with van der Waals surface area (Å²) >= 11 is 0. The van der Waals surface area contributed by atoms with Crippen LogP contribution in [0.1, 0.15) is 38.3 Å². The van der Waals surface area contributed by atoms with Gasteiger partial charge in [-0.2, -0.15) is 0 Å². The molecular weight excluding hydrogens is 288 g/mol. The van der Waals surface area contributed by atoms with Gasteiger partial charge in [0.1, 0.15) is 11.5 Å². The van der Waals surface area contributed by atoms with Crippen LogP contribution in [-0.4, -0.2) is 32.7 Å². The minimum atomic E-state index is 0.256. The number of hydrogen-bond acceptors (Lipinski definition) is 5. The second-order valence-corrected chi connectivity index (χ2v) is 6.09. The molecule has 2 N–H and O–H groups in total. The lowest BCUT2D eigenvalue weighted by atomic mass is 10.00. The van der Waals surface area contributed by atoms with Gasteiger partial charge in [0.15, 0.2) is 5.82 Å². The number of aliphatic hydroxyl groups excluding tert-OH is 1. The molecule has 2 aromatic heterocycles. The number of anilines is 1. The van der Waals surface area contributed by atoms with Crippen molar-refractivity contribution >= 4 is 5.82 Å². The number of aliphatic hydroxyl groups is 1. The van der Waals surface area contributed by atoms with Crippen molar-refractivity contribution in [3.63, 3.8) is 0 Å². The van der Waals surface area contributed by atoms with E-state index in [-0.39, 0.29) is 6.61 Å². The van der Waals surface area contributed by atoms with Crippen molar-refractivity contribution in [2.24, 2.45) is 5.92 Å². The molecule has 0 aromatic carbocycles. The highest BCUT2D eigenvalue weighted by atomic mass is 16.3. The maximum Gasteiger partial charge on any atom is 0.180 e. The molecule has 0 saturated heterocycles. The molecule has 23 heavy (non-hydrogen) atoms. The molecular formula is C18H24N4O. The van der Waals surface area contributed by atoms with E-state index in [0.717, 1.165) is 36.5 Å². The molecule has 3 rings (SSSR count). The van der Waals surface area contributed by atoms with Gasteiger partial charge in [0.25, 0.3) is 0 Å². The van der Waals surface area contributed by atoms with E-state index in [2.05, 4.69) is 27.2 Å². The van der Waals surface area contributed by atoms with E-state index in [1.807, 2.05) is 24.3 Å². The molecule has 1 aliphatic rings. The van der Waals surface area contributed by atoms with Crippen molar-refractivity contribution < 1.29 is 5.11 Å². The van der Waals surface area contributed by atoms with Gasteiger partial charge < -0.3 is 10.4 Å². The van der Waals surface area contributed by atoms with Crippen molar-refractivity contribution in [2.75, 3.05) is 11.9 Å². The van der Waals surface area contributed by atoms with Crippen molar-refractivity contribution in [1.82, 2.24) is 15.0 Å². The Hall–Kier alpha value is -2.01. The number of aryl methyl sites for hydroxylation is 1. The van der Waals surface area contributed by atoms with Crippen LogP contribution in [0.2, 0.25) is 0 Å². The van der Waals surface area contributed by atoms with Crippen molar-refractivity contribution in [2.45, 2.75) is 45.1 Å². The van der Waals surface area contributed by atoms with Crippen LogP contribution in [0, 0.1) is 5.92 Å². The van der Waals surface area contributed by atoms with Gasteiger partial charge in [-0.15, -0.1) is 0 Å². The van der Waals surface area contributed by atoms with E-state index in [4.69, 9.17) is 0 Å². The van der Waals surface area contributed by atoms with Crippen LogP contribution in [0.5, 0.6) is 0 Å². The summed E-state index contributed by atoms with van der Waals surface area (Å²) in [6.45, 7) is 2.35. The van der Waals surface area contributed by atoms with Gasteiger partial charge in [0, 0.05) is 30.6 Å². The average Bonchev–Trinajstić information content (AvgIpc) is 3.02. The number of rotatable bonds is 6. The van der Waals surface area contributed by atoms with Crippen LogP contribution in [0.4, 0.5) is 5.82 Å². The first-order valence-electron chi connectivity index (χ1n) is 8.47. The molecule has 0 bridgehead atoms. The van der Waals surface area contributed by atoms with E-state index in [1.54, 1.807) is 6.20 Å². The molecule has 1 aliphatic carbocycles. The minimum Gasteiger partial charge on any atom is -0.396 e. The van der Waals surface area contributed by atoms with Gasteiger partial charge in [-0.05, 0) is 43.7 Å². The predicted octanol–water partition coefficient (Wildman–Crippen LogP) is 3.06. The monoisotopic (exact) mass is 312 g/mol. The first kappa shape index (κ1) is 15.9. The zero-order valence-electron chi connectivity index (χ0n) is 13.6. The van der Waals surface area contributed by atoms with E-state index in [0.29, 0.717) is 17.8 Å². The molecule has 2 aromatic rings. The Kier molecular flexibility index (Phi) is 5.18. The quantitative estimate of drug-likeness (QED) is 0.858. The highest BCUT2D eigenvalue weighted by molar-refractivity contribution is 5.53. The fourth-order valence-electron chi connectivity index (χ4n) is 3.29. The highest BCUT2D eigenvalue weighted by Crippen LogP contribution is 2.30. The summed E-state index contributed by atoms with van der Waals surface area (Å²) in [5, 5.41) is 12.8. The Morgan fingerprint density at radius 1 is 1.26 bits per heavy atom. The third kappa shape index (κ3) is 3.85. The normalized spacial score (nSPS) is 20.6. The molecule has 122 valence electrons. The minimum absolute atomic E-state index is 0.256. The second kappa shape index (κ2) is 7.51. The molecule has 2 unspecified atom stereocenters. The first-order valence-corrected chi connectivity index (χ1v) is 8.47. The third-order valence-corrected chi connectivity index (χ3v) is 4.53. The number of pyridine rings is 1. The summed E-state index contributed by atoms with van der Waals surface area (Å²) in [7, 11) is 0. The molecule has 5 heteroatoms. The Morgan fingerprint density at radius 3 is 2.91 bits per heavy atom. The van der Waals surface area contributed by atoms with Crippen LogP contribution in [-0.2, 0) is 6.42 Å². The zero-order chi connectivity index (χ0) is 16.1. The van der Waals surface area contributed by atoms with E-state index in [1.165, 1.54) is 12.8 Å². The van der Waals surface area contributed by atoms with Crippen molar-refractivity contribution in [3.8, 4) is 11.5 Å². The maximum absolute atomic E-state index is 9.22. The van der Waals surface area contributed by atoms with Gasteiger partial charge in [-0.3, -0.25) is 4.98 Å². The van der Waals surface area contributed by atoms with Crippen molar-refractivity contribution in [1.29, 1.82) is 0 Å². The van der Waals surface area contributed by atoms with Crippen LogP contribution in [0.25, 0.3) is 11.5 Å². The zero-order valence-corrected chi connectivity index (χ0v) is 13.6. The Labute approximate surface area is 137 Å². The summed E-state index contributed by atoms with van der Waals surface area (Å²) in [4.78, 5) is 13.6. The fraction of sp³-hybridized carbons (Fsp3) is 0.500. The van der Waals surface area contributed by atoms with E-state index >= 15 is 0 Å². The van der Waals surface area contributed by atoms with E-state index in [9.17, 15) is 5.11 Å². The summed E-state index contributed by atoms with van der Waals surface area (Å²) < 4.78 is 0. The average molecular weight is 312 g/mol. The van der Waals surface area contributed by atoms with Crippen LogP contribution in [0.3, 0.4) is 0 Å². The number of nitrogens with zero attached hydrogens (tertiary/aromatic N) is 3. The SMILES string of the molecule is CCc1cc(NC2CCCC2CCO)nc(-c2ccccn2)n1. The molecule has 0 spiro atoms. The van der Waals surface area contributed by atoms with Crippen LogP contribution >= 0.6 is 0 Å². The summed E-state index contributed by atoms with van der Waals surface area (Å²) in [6, 6.07) is 8.19. The lowest BCUT2D eigenvalue weighted by Crippen LogP contribution is -2.25. The summed E-state index contributed by atoms with van der Waals surface area (Å²) in [6.07, 6.45) is 7.00. The molecule has 1 fully saturated rings. The molecule has 0 aliphatic heterocycles. The van der Waals surface area contributed by atoms with Gasteiger partial charge in [0.2, 0.25) is 0 Å². The smallest absolute Gasteiger partial charge is 0.180 e. The highest BCUT2D eigenvalue weighted by Gasteiger charge is 2.27. The molecule has 2 heterocycles. The fourth-order valence-corrected chi connectivity index (χ4v) is 3.29. The largest absolute Gasteiger partial charge is 0.396 e. The third-order valence-electron chi connectivity index (χ3n) is 4.53.